The third-order valence-electron chi connectivity index (χ3n) is 5.18. The Morgan fingerprint density at radius 1 is 1.09 bits per heavy atom. The van der Waals surface area contributed by atoms with Crippen LogP contribution in [0, 0.1) is 11.8 Å². The second-order valence-corrected chi connectivity index (χ2v) is 6.63. The smallest absolute Gasteiger partial charge is 0.308 e. The molecule has 0 radical (unpaired) electrons. The number of aliphatic carboxylic acids is 1. The molecule has 2 aromatic rings. The number of amides is 1. The highest BCUT2D eigenvalue weighted by Gasteiger charge is 2.47. The van der Waals surface area contributed by atoms with Crippen molar-refractivity contribution in [3.63, 3.8) is 0 Å². The molecule has 0 aromatic heterocycles. The molecule has 3 atom stereocenters. The SMILES string of the molecule is O=C(O)C1CCN(C(=O)C2CC2c2cccc3ccccc23)C1. The zero-order chi connectivity index (χ0) is 16.0. The molecule has 1 amide bonds. The van der Waals surface area contributed by atoms with Gasteiger partial charge in [-0.15, -0.1) is 0 Å². The molecule has 2 fully saturated rings. The summed E-state index contributed by atoms with van der Waals surface area (Å²) < 4.78 is 0. The van der Waals surface area contributed by atoms with Gasteiger partial charge < -0.3 is 10.0 Å². The maximum Gasteiger partial charge on any atom is 0.308 e. The molecule has 4 heteroatoms. The monoisotopic (exact) mass is 309 g/mol. The first-order chi connectivity index (χ1) is 11.1. The predicted molar refractivity (Wildman–Crippen MR) is 87.1 cm³/mol. The zero-order valence-electron chi connectivity index (χ0n) is 12.8. The lowest BCUT2D eigenvalue weighted by molar-refractivity contribution is -0.141. The molecule has 0 spiro atoms. The van der Waals surface area contributed by atoms with Crippen LogP contribution in [0.3, 0.4) is 0 Å². The number of carbonyl (C=O) groups is 2. The minimum atomic E-state index is -0.790. The number of likely N-dealkylation sites (tertiary alicyclic amines) is 1. The van der Waals surface area contributed by atoms with Gasteiger partial charge >= 0.3 is 5.97 Å². The van der Waals surface area contributed by atoms with E-state index in [0.717, 1.165) is 6.42 Å². The summed E-state index contributed by atoms with van der Waals surface area (Å²) in [6.45, 7) is 0.946. The van der Waals surface area contributed by atoms with Gasteiger partial charge in [0.25, 0.3) is 0 Å². The molecule has 1 N–H and O–H groups in total. The molecule has 1 heterocycles. The first kappa shape index (κ1) is 14.2. The molecule has 23 heavy (non-hydrogen) atoms. The summed E-state index contributed by atoms with van der Waals surface area (Å²) in [5.74, 6) is -0.757. The summed E-state index contributed by atoms with van der Waals surface area (Å²) in [5, 5.41) is 11.5. The van der Waals surface area contributed by atoms with Gasteiger partial charge in [-0.05, 0) is 35.1 Å². The molecule has 0 bridgehead atoms. The lowest BCUT2D eigenvalue weighted by Gasteiger charge is -2.16. The van der Waals surface area contributed by atoms with E-state index in [2.05, 4.69) is 24.3 Å². The minimum absolute atomic E-state index is 0.0216. The van der Waals surface area contributed by atoms with E-state index in [-0.39, 0.29) is 17.7 Å². The number of carbonyl (C=O) groups excluding carboxylic acids is 1. The highest BCUT2D eigenvalue weighted by atomic mass is 16.4. The highest BCUT2D eigenvalue weighted by Crippen LogP contribution is 2.50. The van der Waals surface area contributed by atoms with E-state index in [9.17, 15) is 9.59 Å². The van der Waals surface area contributed by atoms with Gasteiger partial charge in [-0.2, -0.15) is 0 Å². The van der Waals surface area contributed by atoms with Crippen molar-refractivity contribution in [3.05, 3.63) is 48.0 Å². The maximum atomic E-state index is 12.6. The number of benzene rings is 2. The zero-order valence-corrected chi connectivity index (χ0v) is 12.8. The van der Waals surface area contributed by atoms with E-state index in [1.54, 1.807) is 4.90 Å². The molecule has 1 aliphatic heterocycles. The lowest BCUT2D eigenvalue weighted by Crippen LogP contribution is -2.31. The first-order valence-electron chi connectivity index (χ1n) is 8.14. The third kappa shape index (κ3) is 2.48. The van der Waals surface area contributed by atoms with Gasteiger partial charge in [0, 0.05) is 19.0 Å². The van der Waals surface area contributed by atoms with Gasteiger partial charge in [0.2, 0.25) is 5.91 Å². The average molecular weight is 309 g/mol. The molecular weight excluding hydrogens is 290 g/mol. The van der Waals surface area contributed by atoms with Crippen LogP contribution in [0.25, 0.3) is 10.8 Å². The van der Waals surface area contributed by atoms with Crippen molar-refractivity contribution in [2.45, 2.75) is 18.8 Å². The Labute approximate surface area is 134 Å². The summed E-state index contributed by atoms with van der Waals surface area (Å²) in [4.78, 5) is 25.4. The Bertz CT molecular complexity index is 780. The predicted octanol–water partition coefficient (Wildman–Crippen LogP) is 2.88. The van der Waals surface area contributed by atoms with Gasteiger partial charge in [-0.25, -0.2) is 0 Å². The Kier molecular flexibility index (Phi) is 3.33. The van der Waals surface area contributed by atoms with Crippen LogP contribution >= 0.6 is 0 Å². The summed E-state index contributed by atoms with van der Waals surface area (Å²) in [7, 11) is 0. The summed E-state index contributed by atoms with van der Waals surface area (Å²) in [6, 6.07) is 14.5. The summed E-state index contributed by atoms with van der Waals surface area (Å²) in [6.07, 6.45) is 1.45. The van der Waals surface area contributed by atoms with Crippen molar-refractivity contribution in [1.82, 2.24) is 4.90 Å². The number of hydrogen-bond acceptors (Lipinski definition) is 2. The van der Waals surface area contributed by atoms with Crippen molar-refractivity contribution in [3.8, 4) is 0 Å². The van der Waals surface area contributed by atoms with Crippen LogP contribution in [0.2, 0.25) is 0 Å². The molecule has 1 saturated carbocycles. The Morgan fingerprint density at radius 3 is 2.65 bits per heavy atom. The lowest BCUT2D eigenvalue weighted by atomic mass is 10.00. The van der Waals surface area contributed by atoms with E-state index in [1.165, 1.54) is 16.3 Å². The molecule has 4 nitrogen and oxygen atoms in total. The van der Waals surface area contributed by atoms with Crippen LogP contribution in [0.1, 0.15) is 24.3 Å². The van der Waals surface area contributed by atoms with Crippen LogP contribution in [-0.2, 0) is 9.59 Å². The highest BCUT2D eigenvalue weighted by molar-refractivity contribution is 5.90. The molecule has 118 valence electrons. The fourth-order valence-electron chi connectivity index (χ4n) is 3.78. The second kappa shape index (κ2) is 5.37. The van der Waals surface area contributed by atoms with Crippen LogP contribution in [0.4, 0.5) is 0 Å². The Balaban J connectivity index is 1.51. The number of nitrogens with zero attached hydrogens (tertiary/aromatic N) is 1. The minimum Gasteiger partial charge on any atom is -0.481 e. The summed E-state index contributed by atoms with van der Waals surface area (Å²) in [5.41, 5.74) is 1.25. The molecule has 3 unspecified atom stereocenters. The molecule has 2 aliphatic rings. The van der Waals surface area contributed by atoms with Gasteiger partial charge in [0.1, 0.15) is 0 Å². The summed E-state index contributed by atoms with van der Waals surface area (Å²) >= 11 is 0. The van der Waals surface area contributed by atoms with Crippen LogP contribution in [0.15, 0.2) is 42.5 Å². The van der Waals surface area contributed by atoms with Crippen LogP contribution < -0.4 is 0 Å². The van der Waals surface area contributed by atoms with Crippen molar-refractivity contribution in [2.24, 2.45) is 11.8 Å². The van der Waals surface area contributed by atoms with E-state index in [0.29, 0.717) is 19.5 Å². The van der Waals surface area contributed by atoms with Gasteiger partial charge in [-0.1, -0.05) is 42.5 Å². The van der Waals surface area contributed by atoms with Crippen molar-refractivity contribution in [2.75, 3.05) is 13.1 Å². The second-order valence-electron chi connectivity index (χ2n) is 6.63. The standard InChI is InChI=1S/C19H19NO3/c21-18(20-9-8-13(11-20)19(22)23)17-10-16(17)15-7-3-5-12-4-1-2-6-14(12)15/h1-7,13,16-17H,8-11H2,(H,22,23). The third-order valence-corrected chi connectivity index (χ3v) is 5.18. The maximum absolute atomic E-state index is 12.6. The topological polar surface area (TPSA) is 57.6 Å². The fraction of sp³-hybridized carbons (Fsp3) is 0.368. The normalized spacial score (nSPS) is 26.4. The van der Waals surface area contributed by atoms with Crippen molar-refractivity contribution < 1.29 is 14.7 Å². The molecule has 4 rings (SSSR count). The number of carboxylic acids is 1. The largest absolute Gasteiger partial charge is 0.481 e. The van der Waals surface area contributed by atoms with Crippen LogP contribution in [0.5, 0.6) is 0 Å². The first-order valence-corrected chi connectivity index (χ1v) is 8.14. The Hall–Kier alpha value is -2.36. The van der Waals surface area contributed by atoms with E-state index >= 15 is 0 Å². The van der Waals surface area contributed by atoms with Crippen LogP contribution in [-0.4, -0.2) is 35.0 Å². The number of hydrogen-bond donors (Lipinski definition) is 1. The van der Waals surface area contributed by atoms with E-state index in [4.69, 9.17) is 5.11 Å². The number of fused-ring (bicyclic) bond motifs is 1. The molecular formula is C19H19NO3. The van der Waals surface area contributed by atoms with Crippen molar-refractivity contribution >= 4 is 22.6 Å². The van der Waals surface area contributed by atoms with Gasteiger partial charge in [0.15, 0.2) is 0 Å². The van der Waals surface area contributed by atoms with Gasteiger partial charge in [0.05, 0.1) is 5.92 Å². The number of rotatable bonds is 3. The fourth-order valence-corrected chi connectivity index (χ4v) is 3.78. The van der Waals surface area contributed by atoms with E-state index < -0.39 is 11.9 Å². The van der Waals surface area contributed by atoms with Gasteiger partial charge in [-0.3, -0.25) is 9.59 Å². The van der Waals surface area contributed by atoms with E-state index in [1.807, 2.05) is 18.2 Å². The molecule has 1 saturated heterocycles. The molecule has 2 aromatic carbocycles. The molecule has 1 aliphatic carbocycles. The quantitative estimate of drug-likeness (QED) is 0.948. The average Bonchev–Trinajstić information content (AvgIpc) is 3.20. The Morgan fingerprint density at radius 2 is 1.87 bits per heavy atom. The van der Waals surface area contributed by atoms with Crippen molar-refractivity contribution in [1.29, 1.82) is 0 Å². The number of carboxylic acid groups (broad SMARTS) is 1.